The summed E-state index contributed by atoms with van der Waals surface area (Å²) in [5, 5.41) is 8.87. The molecule has 1 aliphatic rings. The van der Waals surface area contributed by atoms with Gasteiger partial charge in [0.15, 0.2) is 0 Å². The third-order valence-electron chi connectivity index (χ3n) is 4.19. The molecule has 1 aliphatic heterocycles. The number of carbonyl (C=O) groups excluding carboxylic acids is 2. The van der Waals surface area contributed by atoms with Crippen LogP contribution in [-0.4, -0.2) is 24.9 Å². The van der Waals surface area contributed by atoms with E-state index in [9.17, 15) is 14.0 Å². The van der Waals surface area contributed by atoms with Crippen LogP contribution < -0.4 is 16.0 Å². The number of benzene rings is 2. The Morgan fingerprint density at radius 2 is 1.92 bits per heavy atom. The van der Waals surface area contributed by atoms with Gasteiger partial charge in [-0.1, -0.05) is 12.1 Å². The van der Waals surface area contributed by atoms with E-state index < -0.39 is 0 Å². The molecule has 26 heavy (non-hydrogen) atoms. The summed E-state index contributed by atoms with van der Waals surface area (Å²) in [6.07, 6.45) is 0.861. The smallest absolute Gasteiger partial charge is 0.255 e. The zero-order chi connectivity index (χ0) is 17.6. The van der Waals surface area contributed by atoms with Crippen LogP contribution in [0.25, 0.3) is 0 Å². The Labute approximate surface area is 157 Å². The first-order valence-electron chi connectivity index (χ1n) is 8.26. The molecule has 1 saturated heterocycles. The molecule has 5 nitrogen and oxygen atoms in total. The van der Waals surface area contributed by atoms with E-state index in [0.717, 1.165) is 25.1 Å². The Kier molecular flexibility index (Phi) is 7.12. The van der Waals surface area contributed by atoms with Gasteiger partial charge in [-0.05, 0) is 54.9 Å². The molecule has 0 saturated carbocycles. The number of nitrogens with one attached hydrogen (secondary N) is 3. The molecule has 7 heteroatoms. The number of hydrogen-bond donors (Lipinski definition) is 3. The Bertz CT molecular complexity index is 762. The number of hydrogen-bond acceptors (Lipinski definition) is 3. The number of anilines is 1. The molecule has 0 aliphatic carbocycles. The van der Waals surface area contributed by atoms with Crippen molar-refractivity contribution < 1.29 is 14.0 Å². The summed E-state index contributed by atoms with van der Waals surface area (Å²) in [4.78, 5) is 24.2. The Balaban J connectivity index is 0.00000243. The summed E-state index contributed by atoms with van der Waals surface area (Å²) in [6, 6.07) is 12.7. The fourth-order valence-electron chi connectivity index (χ4n) is 2.78. The summed E-state index contributed by atoms with van der Waals surface area (Å²) in [5.74, 6) is -0.614. The summed E-state index contributed by atoms with van der Waals surface area (Å²) in [6.45, 7) is 2.01. The maximum absolute atomic E-state index is 12.9. The molecule has 0 aromatic heterocycles. The van der Waals surface area contributed by atoms with Crippen molar-refractivity contribution in [1.82, 2.24) is 10.6 Å². The second-order valence-electron chi connectivity index (χ2n) is 6.07. The summed E-state index contributed by atoms with van der Waals surface area (Å²) in [7, 11) is 0. The molecule has 2 amide bonds. The third-order valence-corrected chi connectivity index (χ3v) is 4.19. The van der Waals surface area contributed by atoms with Crippen LogP contribution in [0, 0.1) is 11.7 Å². The standard InChI is InChI=1S/C19H20FN3O2.ClH/c20-16-6-4-14(5-7-16)19(25)23-17-3-1-2-13(10-17)11-22-18(24)15-8-9-21-12-15;/h1-7,10,15,21H,8-9,11-12H2,(H,22,24)(H,23,25);1H. The van der Waals surface area contributed by atoms with E-state index in [-0.39, 0.29) is 36.0 Å². The number of rotatable bonds is 5. The van der Waals surface area contributed by atoms with Crippen molar-refractivity contribution in [1.29, 1.82) is 0 Å². The molecule has 1 unspecified atom stereocenters. The first-order valence-corrected chi connectivity index (χ1v) is 8.26. The molecular weight excluding hydrogens is 357 g/mol. The molecule has 0 spiro atoms. The van der Waals surface area contributed by atoms with E-state index in [1.54, 1.807) is 6.07 Å². The average Bonchev–Trinajstić information content (AvgIpc) is 3.15. The maximum Gasteiger partial charge on any atom is 0.255 e. The molecule has 1 fully saturated rings. The molecule has 0 radical (unpaired) electrons. The van der Waals surface area contributed by atoms with Gasteiger partial charge >= 0.3 is 0 Å². The third kappa shape index (κ3) is 5.28. The molecule has 138 valence electrons. The molecule has 2 aromatic carbocycles. The van der Waals surface area contributed by atoms with Gasteiger partial charge in [0.25, 0.3) is 5.91 Å². The molecule has 0 bridgehead atoms. The maximum atomic E-state index is 12.9. The highest BCUT2D eigenvalue weighted by Crippen LogP contribution is 2.14. The Morgan fingerprint density at radius 1 is 1.15 bits per heavy atom. The normalized spacial score (nSPS) is 15.8. The van der Waals surface area contributed by atoms with Gasteiger partial charge in [0.2, 0.25) is 5.91 Å². The lowest BCUT2D eigenvalue weighted by atomic mass is 10.1. The fraction of sp³-hybridized carbons (Fsp3) is 0.263. The van der Waals surface area contributed by atoms with Crippen LogP contribution in [0.15, 0.2) is 48.5 Å². The van der Waals surface area contributed by atoms with Crippen LogP contribution in [0.3, 0.4) is 0 Å². The van der Waals surface area contributed by atoms with E-state index in [4.69, 9.17) is 0 Å². The van der Waals surface area contributed by atoms with Crippen molar-refractivity contribution >= 4 is 29.9 Å². The first kappa shape index (κ1) is 19.9. The summed E-state index contributed by atoms with van der Waals surface area (Å²) < 4.78 is 12.9. The monoisotopic (exact) mass is 377 g/mol. The van der Waals surface area contributed by atoms with E-state index in [1.165, 1.54) is 24.3 Å². The van der Waals surface area contributed by atoms with E-state index in [0.29, 0.717) is 17.8 Å². The minimum absolute atomic E-state index is 0. The largest absolute Gasteiger partial charge is 0.352 e. The van der Waals surface area contributed by atoms with Crippen molar-refractivity contribution in [2.75, 3.05) is 18.4 Å². The molecule has 3 N–H and O–H groups in total. The summed E-state index contributed by atoms with van der Waals surface area (Å²) in [5.41, 5.74) is 1.91. The van der Waals surface area contributed by atoms with Gasteiger partial charge < -0.3 is 16.0 Å². The van der Waals surface area contributed by atoms with E-state index >= 15 is 0 Å². The quantitative estimate of drug-likeness (QED) is 0.750. The van der Waals surface area contributed by atoms with Crippen molar-refractivity contribution in [3.8, 4) is 0 Å². The highest BCUT2D eigenvalue weighted by atomic mass is 35.5. The summed E-state index contributed by atoms with van der Waals surface area (Å²) >= 11 is 0. The molecule has 3 rings (SSSR count). The second-order valence-corrected chi connectivity index (χ2v) is 6.07. The SMILES string of the molecule is Cl.O=C(Nc1cccc(CNC(=O)C2CCNC2)c1)c1ccc(F)cc1. The van der Waals surface area contributed by atoms with Crippen LogP contribution in [0.4, 0.5) is 10.1 Å². The fourth-order valence-corrected chi connectivity index (χ4v) is 2.78. The lowest BCUT2D eigenvalue weighted by Gasteiger charge is -2.11. The predicted octanol–water partition coefficient (Wildman–Crippen LogP) is 2.73. The van der Waals surface area contributed by atoms with Gasteiger partial charge in [-0.3, -0.25) is 9.59 Å². The van der Waals surface area contributed by atoms with Crippen molar-refractivity contribution in [3.63, 3.8) is 0 Å². The minimum Gasteiger partial charge on any atom is -0.352 e. The van der Waals surface area contributed by atoms with Crippen LogP contribution >= 0.6 is 12.4 Å². The highest BCUT2D eigenvalue weighted by molar-refractivity contribution is 6.04. The molecular formula is C19H21ClFN3O2. The van der Waals surface area contributed by atoms with Gasteiger partial charge in [0.05, 0.1) is 5.92 Å². The van der Waals surface area contributed by atoms with E-state index in [1.807, 2.05) is 18.2 Å². The van der Waals surface area contributed by atoms with Crippen LogP contribution in [0.5, 0.6) is 0 Å². The first-order chi connectivity index (χ1) is 12.1. The van der Waals surface area contributed by atoms with Crippen molar-refractivity contribution in [3.05, 3.63) is 65.5 Å². The minimum atomic E-state index is -0.383. The van der Waals surface area contributed by atoms with Gasteiger partial charge in [0, 0.05) is 24.3 Å². The average molecular weight is 378 g/mol. The van der Waals surface area contributed by atoms with Crippen LogP contribution in [0.2, 0.25) is 0 Å². The molecule has 2 aromatic rings. The zero-order valence-corrected chi connectivity index (χ0v) is 14.9. The van der Waals surface area contributed by atoms with Gasteiger partial charge in [0.1, 0.15) is 5.82 Å². The van der Waals surface area contributed by atoms with Gasteiger partial charge in [-0.15, -0.1) is 12.4 Å². The molecule has 1 atom stereocenters. The Hall–Kier alpha value is -2.44. The number of amides is 2. The highest BCUT2D eigenvalue weighted by Gasteiger charge is 2.21. The van der Waals surface area contributed by atoms with Crippen LogP contribution in [-0.2, 0) is 11.3 Å². The molecule has 1 heterocycles. The van der Waals surface area contributed by atoms with Gasteiger partial charge in [-0.2, -0.15) is 0 Å². The van der Waals surface area contributed by atoms with E-state index in [2.05, 4.69) is 16.0 Å². The van der Waals surface area contributed by atoms with Gasteiger partial charge in [-0.25, -0.2) is 4.39 Å². The van der Waals surface area contributed by atoms with Crippen LogP contribution in [0.1, 0.15) is 22.3 Å². The van der Waals surface area contributed by atoms with Crippen molar-refractivity contribution in [2.45, 2.75) is 13.0 Å². The number of carbonyl (C=O) groups is 2. The zero-order valence-electron chi connectivity index (χ0n) is 14.1. The second kappa shape index (κ2) is 9.31. The van der Waals surface area contributed by atoms with Crippen molar-refractivity contribution in [2.24, 2.45) is 5.92 Å². The topological polar surface area (TPSA) is 70.2 Å². The Morgan fingerprint density at radius 3 is 2.62 bits per heavy atom. The number of halogens is 2. The lowest BCUT2D eigenvalue weighted by molar-refractivity contribution is -0.124. The lowest BCUT2D eigenvalue weighted by Crippen LogP contribution is -2.31. The predicted molar refractivity (Wildman–Crippen MR) is 101 cm³/mol.